The molecule has 0 aliphatic carbocycles. The summed E-state index contributed by atoms with van der Waals surface area (Å²) < 4.78 is 12.5. The van der Waals surface area contributed by atoms with Crippen molar-refractivity contribution in [2.45, 2.75) is 39.3 Å². The molecule has 6 heteroatoms. The van der Waals surface area contributed by atoms with E-state index in [1.54, 1.807) is 18.8 Å². The number of methoxy groups -OCH3 is 2. The normalized spacial score (nSPS) is 13.0. The lowest BCUT2D eigenvalue weighted by Crippen LogP contribution is -2.32. The average Bonchev–Trinajstić information content (AvgIpc) is 2.51. The number of hydrogen-bond donors (Lipinski definition) is 1. The van der Waals surface area contributed by atoms with Gasteiger partial charge in [0.05, 0.1) is 19.9 Å². The van der Waals surface area contributed by atoms with E-state index in [4.69, 9.17) is 9.47 Å². The number of anilines is 1. The highest BCUT2D eigenvalue weighted by Crippen LogP contribution is 2.38. The van der Waals surface area contributed by atoms with Crippen molar-refractivity contribution in [3.63, 3.8) is 0 Å². The highest BCUT2D eigenvalue weighted by atomic mass is 16.5. The lowest BCUT2D eigenvalue weighted by atomic mass is 9.96. The predicted octanol–water partition coefficient (Wildman–Crippen LogP) is 2.69. The summed E-state index contributed by atoms with van der Waals surface area (Å²) in [6.45, 7) is 6.72. The largest absolute Gasteiger partial charge is 0.493 e. The monoisotopic (exact) mass is 329 g/mol. The van der Waals surface area contributed by atoms with Crippen molar-refractivity contribution in [1.29, 1.82) is 0 Å². The Balaban J connectivity index is 2.18. The van der Waals surface area contributed by atoms with Gasteiger partial charge in [-0.15, -0.1) is 0 Å². The molecule has 1 aromatic carbocycles. The molecular formula is C18H23N3O3. The molecule has 0 spiro atoms. The molecule has 24 heavy (non-hydrogen) atoms. The van der Waals surface area contributed by atoms with E-state index < -0.39 is 0 Å². The van der Waals surface area contributed by atoms with Gasteiger partial charge < -0.3 is 14.8 Å². The molecule has 0 amide bonds. The molecule has 1 aromatic heterocycles. The number of ether oxygens (including phenoxy) is 2. The van der Waals surface area contributed by atoms with Crippen molar-refractivity contribution in [2.24, 2.45) is 0 Å². The number of aryl methyl sites for hydroxylation is 1. The molecule has 2 heterocycles. The summed E-state index contributed by atoms with van der Waals surface area (Å²) in [5.74, 6) is 1.94. The maximum absolute atomic E-state index is 12.4. The van der Waals surface area contributed by atoms with Gasteiger partial charge in [0.2, 0.25) is 0 Å². The minimum atomic E-state index is -0.236. The van der Waals surface area contributed by atoms with Gasteiger partial charge in [-0.1, -0.05) is 0 Å². The lowest BCUT2D eigenvalue weighted by molar-refractivity contribution is 0.354. The molecule has 1 N–H and O–H groups in total. The number of rotatable bonds is 3. The van der Waals surface area contributed by atoms with Crippen LogP contribution in [-0.2, 0) is 13.0 Å². The second kappa shape index (κ2) is 5.85. The average molecular weight is 329 g/mol. The van der Waals surface area contributed by atoms with Crippen LogP contribution in [0, 0.1) is 0 Å². The van der Waals surface area contributed by atoms with Crippen LogP contribution in [0.4, 0.5) is 5.82 Å². The topological polar surface area (TPSA) is 65.4 Å². The Hall–Kier alpha value is -2.50. The molecule has 0 saturated carbocycles. The fourth-order valence-electron chi connectivity index (χ4n) is 2.99. The molecule has 0 fully saturated rings. The first-order chi connectivity index (χ1) is 11.3. The Morgan fingerprint density at radius 2 is 1.79 bits per heavy atom. The van der Waals surface area contributed by atoms with Gasteiger partial charge in [0.1, 0.15) is 5.82 Å². The molecule has 0 atom stereocenters. The fourth-order valence-corrected chi connectivity index (χ4v) is 2.99. The first-order valence-corrected chi connectivity index (χ1v) is 7.98. The van der Waals surface area contributed by atoms with E-state index >= 15 is 0 Å². The maximum atomic E-state index is 12.4. The van der Waals surface area contributed by atoms with Crippen LogP contribution in [0.25, 0.3) is 11.3 Å². The zero-order chi connectivity index (χ0) is 17.5. The Bertz CT molecular complexity index is 835. The van der Waals surface area contributed by atoms with Gasteiger partial charge in [0.15, 0.2) is 11.5 Å². The van der Waals surface area contributed by atoms with E-state index in [2.05, 4.69) is 10.3 Å². The van der Waals surface area contributed by atoms with Crippen molar-refractivity contribution in [3.05, 3.63) is 34.2 Å². The summed E-state index contributed by atoms with van der Waals surface area (Å²) in [6, 6.07) is 5.84. The van der Waals surface area contributed by atoms with Gasteiger partial charge >= 0.3 is 5.69 Å². The van der Waals surface area contributed by atoms with Crippen molar-refractivity contribution in [3.8, 4) is 22.8 Å². The van der Waals surface area contributed by atoms with E-state index in [-0.39, 0.29) is 11.2 Å². The molecule has 2 aromatic rings. The minimum Gasteiger partial charge on any atom is -0.493 e. The highest BCUT2D eigenvalue weighted by molar-refractivity contribution is 5.72. The summed E-state index contributed by atoms with van der Waals surface area (Å²) in [7, 11) is 3.24. The van der Waals surface area contributed by atoms with Crippen LogP contribution in [0.15, 0.2) is 23.0 Å². The van der Waals surface area contributed by atoms with Crippen molar-refractivity contribution in [2.75, 3.05) is 19.5 Å². The van der Waals surface area contributed by atoms with E-state index in [0.717, 1.165) is 23.2 Å². The zero-order valence-electron chi connectivity index (χ0n) is 14.8. The number of aromatic nitrogens is 2. The summed E-state index contributed by atoms with van der Waals surface area (Å²) in [4.78, 5) is 16.6. The van der Waals surface area contributed by atoms with Gasteiger partial charge in [-0.05, 0) is 44.9 Å². The van der Waals surface area contributed by atoms with Gasteiger partial charge in [-0.3, -0.25) is 4.57 Å². The zero-order valence-corrected chi connectivity index (χ0v) is 14.8. The van der Waals surface area contributed by atoms with Crippen LogP contribution in [0.5, 0.6) is 11.5 Å². The predicted molar refractivity (Wildman–Crippen MR) is 94.1 cm³/mol. The summed E-state index contributed by atoms with van der Waals surface area (Å²) in [5, 5.41) is 3.27. The third-order valence-electron chi connectivity index (χ3n) is 4.00. The van der Waals surface area contributed by atoms with Crippen LogP contribution < -0.4 is 20.5 Å². The van der Waals surface area contributed by atoms with Crippen LogP contribution in [0.1, 0.15) is 26.3 Å². The second-order valence-electron chi connectivity index (χ2n) is 6.95. The van der Waals surface area contributed by atoms with Crippen LogP contribution in [-0.4, -0.2) is 29.3 Å². The fraction of sp³-hybridized carbons (Fsp3) is 0.444. The summed E-state index contributed by atoms with van der Waals surface area (Å²) >= 11 is 0. The molecule has 1 aliphatic rings. The summed E-state index contributed by atoms with van der Waals surface area (Å²) in [6.07, 6.45) is 0.760. The first kappa shape index (κ1) is 16.4. The van der Waals surface area contributed by atoms with Gasteiger partial charge in [0.25, 0.3) is 0 Å². The molecule has 0 radical (unpaired) electrons. The molecule has 1 aliphatic heterocycles. The number of hydrogen-bond acceptors (Lipinski definition) is 5. The van der Waals surface area contributed by atoms with Crippen LogP contribution in [0.2, 0.25) is 0 Å². The standard InChI is InChI=1S/C18H23N3O3/c1-18(2,3)20-16-10-13-12-9-15(24-5)14(23-4)8-11(12)6-7-21(13)17(22)19-16/h8-10H,6-7H2,1-5H3,(H,19,20,22). The third-order valence-corrected chi connectivity index (χ3v) is 4.00. The van der Waals surface area contributed by atoms with E-state index in [1.807, 2.05) is 39.0 Å². The first-order valence-electron chi connectivity index (χ1n) is 7.98. The molecule has 0 saturated heterocycles. The Morgan fingerprint density at radius 3 is 2.42 bits per heavy atom. The smallest absolute Gasteiger partial charge is 0.349 e. The number of fused-ring (bicyclic) bond motifs is 3. The van der Waals surface area contributed by atoms with E-state index in [0.29, 0.717) is 23.9 Å². The second-order valence-corrected chi connectivity index (χ2v) is 6.95. The Morgan fingerprint density at radius 1 is 1.12 bits per heavy atom. The Kier molecular flexibility index (Phi) is 3.99. The van der Waals surface area contributed by atoms with Gasteiger partial charge in [-0.25, -0.2) is 4.79 Å². The number of nitrogens with one attached hydrogen (secondary N) is 1. The third kappa shape index (κ3) is 2.96. The van der Waals surface area contributed by atoms with Crippen molar-refractivity contribution in [1.82, 2.24) is 9.55 Å². The molecule has 0 bridgehead atoms. The molecule has 128 valence electrons. The van der Waals surface area contributed by atoms with Gasteiger partial charge in [-0.2, -0.15) is 4.98 Å². The van der Waals surface area contributed by atoms with Crippen LogP contribution >= 0.6 is 0 Å². The molecule has 6 nitrogen and oxygen atoms in total. The molecule has 3 rings (SSSR count). The maximum Gasteiger partial charge on any atom is 0.349 e. The number of benzene rings is 1. The molecular weight excluding hydrogens is 306 g/mol. The van der Waals surface area contributed by atoms with Crippen molar-refractivity contribution >= 4 is 5.82 Å². The molecule has 0 unspecified atom stereocenters. The minimum absolute atomic E-state index is 0.173. The van der Waals surface area contributed by atoms with Gasteiger partial charge in [0, 0.05) is 23.7 Å². The van der Waals surface area contributed by atoms with E-state index in [1.165, 1.54) is 0 Å². The highest BCUT2D eigenvalue weighted by Gasteiger charge is 2.22. The lowest BCUT2D eigenvalue weighted by Gasteiger charge is -2.25. The summed E-state index contributed by atoms with van der Waals surface area (Å²) in [5.41, 5.74) is 2.56. The van der Waals surface area contributed by atoms with Crippen molar-refractivity contribution < 1.29 is 9.47 Å². The van der Waals surface area contributed by atoms with E-state index in [9.17, 15) is 4.79 Å². The number of nitrogens with zero attached hydrogens (tertiary/aromatic N) is 2. The Labute approximate surface area is 141 Å². The SMILES string of the molecule is COc1cc2c(cc1OC)-c1cc(NC(C)(C)C)nc(=O)n1CC2. The van der Waals surface area contributed by atoms with Crippen LogP contribution in [0.3, 0.4) is 0 Å². The quantitative estimate of drug-likeness (QED) is 0.938.